The van der Waals surface area contributed by atoms with Gasteiger partial charge in [0.1, 0.15) is 0 Å². The van der Waals surface area contributed by atoms with Crippen molar-refractivity contribution < 1.29 is 9.59 Å². The van der Waals surface area contributed by atoms with E-state index in [-0.39, 0.29) is 11.6 Å². The lowest BCUT2D eigenvalue weighted by Gasteiger charge is -2.08. The van der Waals surface area contributed by atoms with Gasteiger partial charge in [-0.1, -0.05) is 90.4 Å². The van der Waals surface area contributed by atoms with Crippen LogP contribution in [0, 0.1) is 0 Å². The number of carbonyl (C=O) groups is 2. The molecule has 0 radical (unpaired) electrons. The molecule has 0 aliphatic rings. The average molecular weight is 476 g/mol. The fourth-order valence-electron chi connectivity index (χ4n) is 5.25. The first-order valence-electron chi connectivity index (χ1n) is 14.1. The summed E-state index contributed by atoms with van der Waals surface area (Å²) in [4.78, 5) is 23.9. The predicted octanol–water partition coefficient (Wildman–Crippen LogP) is 9.68. The van der Waals surface area contributed by atoms with Gasteiger partial charge in [0.15, 0.2) is 11.6 Å². The van der Waals surface area contributed by atoms with Gasteiger partial charge in [0.25, 0.3) is 0 Å². The minimum absolute atomic E-state index is 0.0718. The molecule has 0 aliphatic carbocycles. The van der Waals surface area contributed by atoms with Gasteiger partial charge in [-0.2, -0.15) is 0 Å². The molecule has 0 aliphatic heterocycles. The van der Waals surface area contributed by atoms with E-state index in [1.165, 1.54) is 83.5 Å². The SMILES string of the molecule is CCCCCCCCCCCCCCCCn1c2ccc(C(C)=O)cc2c2cc(C(C)=O)ccc21. The van der Waals surface area contributed by atoms with Crippen molar-refractivity contribution in [1.29, 1.82) is 0 Å². The Hall–Kier alpha value is -2.42. The van der Waals surface area contributed by atoms with Gasteiger partial charge >= 0.3 is 0 Å². The number of nitrogens with zero attached hydrogens (tertiary/aromatic N) is 1. The number of benzene rings is 2. The maximum Gasteiger partial charge on any atom is 0.159 e. The van der Waals surface area contributed by atoms with Crippen LogP contribution in [0.1, 0.15) is 131 Å². The molecule has 0 atom stereocenters. The molecule has 0 bridgehead atoms. The standard InChI is InChI=1S/C32H45NO2/c1-4-5-6-7-8-9-10-11-12-13-14-15-16-17-22-33-31-20-18-27(25(2)34)23-29(31)30-24-28(26(3)35)19-21-32(30)33/h18-21,23-24H,4-17,22H2,1-3H3. The largest absolute Gasteiger partial charge is 0.340 e. The van der Waals surface area contributed by atoms with Crippen LogP contribution >= 0.6 is 0 Å². The van der Waals surface area contributed by atoms with Crippen molar-refractivity contribution in [2.45, 2.75) is 117 Å². The van der Waals surface area contributed by atoms with Crippen LogP contribution in [-0.2, 0) is 6.54 Å². The van der Waals surface area contributed by atoms with Crippen LogP contribution in [0.25, 0.3) is 21.8 Å². The van der Waals surface area contributed by atoms with E-state index in [2.05, 4.69) is 23.6 Å². The second-order valence-electron chi connectivity index (χ2n) is 10.3. The van der Waals surface area contributed by atoms with Crippen LogP contribution in [0.4, 0.5) is 0 Å². The molecule has 0 spiro atoms. The zero-order chi connectivity index (χ0) is 25.0. The third-order valence-electron chi connectivity index (χ3n) is 7.41. The summed E-state index contributed by atoms with van der Waals surface area (Å²) in [5.41, 5.74) is 3.75. The summed E-state index contributed by atoms with van der Waals surface area (Å²) in [5, 5.41) is 2.14. The Morgan fingerprint density at radius 1 is 0.571 bits per heavy atom. The minimum Gasteiger partial charge on any atom is -0.340 e. The van der Waals surface area contributed by atoms with Crippen molar-refractivity contribution in [1.82, 2.24) is 4.57 Å². The molecule has 3 heteroatoms. The first-order chi connectivity index (χ1) is 17.0. The number of hydrogen-bond donors (Lipinski definition) is 0. The molecule has 0 unspecified atom stereocenters. The molecule has 1 heterocycles. The second-order valence-corrected chi connectivity index (χ2v) is 10.3. The van der Waals surface area contributed by atoms with E-state index in [1.54, 1.807) is 13.8 Å². The second kappa shape index (κ2) is 14.2. The van der Waals surface area contributed by atoms with Gasteiger partial charge in [-0.25, -0.2) is 0 Å². The van der Waals surface area contributed by atoms with Crippen molar-refractivity contribution in [2.75, 3.05) is 0 Å². The van der Waals surface area contributed by atoms with E-state index in [0.29, 0.717) is 0 Å². The summed E-state index contributed by atoms with van der Waals surface area (Å²) in [6, 6.07) is 12.0. The third-order valence-corrected chi connectivity index (χ3v) is 7.41. The van der Waals surface area contributed by atoms with Crippen LogP contribution < -0.4 is 0 Å². The third kappa shape index (κ3) is 7.78. The highest BCUT2D eigenvalue weighted by Crippen LogP contribution is 2.31. The molecular formula is C32H45NO2. The molecule has 0 saturated carbocycles. The molecule has 3 nitrogen and oxygen atoms in total. The first-order valence-corrected chi connectivity index (χ1v) is 14.1. The van der Waals surface area contributed by atoms with Crippen molar-refractivity contribution in [3.05, 3.63) is 47.5 Å². The highest BCUT2D eigenvalue weighted by Gasteiger charge is 2.14. The Bertz CT molecular complexity index is 1040. The lowest BCUT2D eigenvalue weighted by Crippen LogP contribution is -1.99. The van der Waals surface area contributed by atoms with Crippen molar-refractivity contribution in [2.24, 2.45) is 0 Å². The summed E-state index contributed by atoms with van der Waals surface area (Å²) in [5.74, 6) is 0.144. The van der Waals surface area contributed by atoms with Crippen LogP contribution in [0.3, 0.4) is 0 Å². The zero-order valence-electron chi connectivity index (χ0n) is 22.3. The van der Waals surface area contributed by atoms with Gasteiger partial charge in [-0.05, 0) is 56.7 Å². The number of ketones is 2. The predicted molar refractivity (Wildman–Crippen MR) is 150 cm³/mol. The summed E-state index contributed by atoms with van der Waals surface area (Å²) < 4.78 is 2.37. The summed E-state index contributed by atoms with van der Waals surface area (Å²) in [6.45, 7) is 6.46. The molecular weight excluding hydrogens is 430 g/mol. The van der Waals surface area contributed by atoms with Crippen LogP contribution in [-0.4, -0.2) is 16.1 Å². The zero-order valence-corrected chi connectivity index (χ0v) is 22.3. The highest BCUT2D eigenvalue weighted by atomic mass is 16.1. The maximum atomic E-state index is 12.0. The summed E-state index contributed by atoms with van der Waals surface area (Å²) in [6.07, 6.45) is 19.0. The van der Waals surface area contributed by atoms with Crippen LogP contribution in [0.15, 0.2) is 36.4 Å². The smallest absolute Gasteiger partial charge is 0.159 e. The van der Waals surface area contributed by atoms with Gasteiger partial charge in [-0.3, -0.25) is 9.59 Å². The van der Waals surface area contributed by atoms with E-state index in [1.807, 2.05) is 24.3 Å². The summed E-state index contributed by atoms with van der Waals surface area (Å²) in [7, 11) is 0. The quantitative estimate of drug-likeness (QED) is 0.144. The fraction of sp³-hybridized carbons (Fsp3) is 0.562. The molecule has 0 amide bonds. The van der Waals surface area contributed by atoms with E-state index in [4.69, 9.17) is 0 Å². The normalized spacial score (nSPS) is 11.5. The summed E-state index contributed by atoms with van der Waals surface area (Å²) >= 11 is 0. The number of unbranched alkanes of at least 4 members (excludes halogenated alkanes) is 13. The number of aromatic nitrogens is 1. The number of Topliss-reactive ketones (excluding diaryl/α,β-unsaturated/α-hetero) is 2. The van der Waals surface area contributed by atoms with Crippen LogP contribution in [0.5, 0.6) is 0 Å². The van der Waals surface area contributed by atoms with Crippen molar-refractivity contribution in [3.8, 4) is 0 Å². The van der Waals surface area contributed by atoms with Gasteiger partial charge in [-0.15, -0.1) is 0 Å². The minimum atomic E-state index is 0.0718. The number of rotatable bonds is 17. The highest BCUT2D eigenvalue weighted by molar-refractivity contribution is 6.12. The number of aryl methyl sites for hydroxylation is 1. The number of hydrogen-bond acceptors (Lipinski definition) is 2. The van der Waals surface area contributed by atoms with Gasteiger partial charge in [0.05, 0.1) is 0 Å². The molecule has 0 N–H and O–H groups in total. The van der Waals surface area contributed by atoms with Gasteiger partial charge in [0, 0.05) is 39.5 Å². The molecule has 3 aromatic rings. The fourth-order valence-corrected chi connectivity index (χ4v) is 5.25. The Kier molecular flexibility index (Phi) is 11.0. The van der Waals surface area contributed by atoms with E-state index in [0.717, 1.165) is 45.9 Å². The lowest BCUT2D eigenvalue weighted by atomic mass is 10.0. The van der Waals surface area contributed by atoms with Crippen molar-refractivity contribution in [3.63, 3.8) is 0 Å². The number of fused-ring (bicyclic) bond motifs is 3. The van der Waals surface area contributed by atoms with Gasteiger partial charge < -0.3 is 4.57 Å². The molecule has 190 valence electrons. The average Bonchev–Trinajstić information content (AvgIpc) is 3.16. The Morgan fingerprint density at radius 3 is 1.31 bits per heavy atom. The molecule has 1 aromatic heterocycles. The van der Waals surface area contributed by atoms with E-state index in [9.17, 15) is 9.59 Å². The van der Waals surface area contributed by atoms with Crippen molar-refractivity contribution >= 4 is 33.4 Å². The first kappa shape index (κ1) is 27.2. The topological polar surface area (TPSA) is 39.1 Å². The Balaban J connectivity index is 1.48. The Morgan fingerprint density at radius 2 is 0.943 bits per heavy atom. The van der Waals surface area contributed by atoms with Crippen LogP contribution in [0.2, 0.25) is 0 Å². The van der Waals surface area contributed by atoms with E-state index < -0.39 is 0 Å². The Labute approximate surface area is 212 Å². The molecule has 2 aromatic carbocycles. The number of carbonyl (C=O) groups excluding carboxylic acids is 2. The van der Waals surface area contributed by atoms with E-state index >= 15 is 0 Å². The maximum absolute atomic E-state index is 12.0. The molecule has 35 heavy (non-hydrogen) atoms. The molecule has 0 fully saturated rings. The molecule has 0 saturated heterocycles. The van der Waals surface area contributed by atoms with Gasteiger partial charge in [0.2, 0.25) is 0 Å². The monoisotopic (exact) mass is 475 g/mol. The lowest BCUT2D eigenvalue weighted by molar-refractivity contribution is 0.100. The molecule has 3 rings (SSSR count).